The summed E-state index contributed by atoms with van der Waals surface area (Å²) in [5.41, 5.74) is 0.645. The lowest BCUT2D eigenvalue weighted by atomic mass is 9.88. The van der Waals surface area contributed by atoms with E-state index in [1.165, 1.54) is 12.1 Å². The highest BCUT2D eigenvalue weighted by molar-refractivity contribution is 6.03. The topological polar surface area (TPSA) is 29.5 Å². The van der Waals surface area contributed by atoms with E-state index in [0.717, 1.165) is 18.7 Å². The summed E-state index contributed by atoms with van der Waals surface area (Å²) in [4.78, 5) is 14.8. The number of hydrogen-bond donors (Lipinski definition) is 0. The standard InChI is InChI=1S/C15H20FNO2/c1-11-4-5-12(16)10-13(11)14(18)15(2,3)17-6-8-19-9-7-17/h4-5,10H,6-9H2,1-3H3. The number of Topliss-reactive ketones (excluding diaryl/α,β-unsaturated/α-hetero) is 1. The number of nitrogens with zero attached hydrogens (tertiary/aromatic N) is 1. The molecule has 0 spiro atoms. The Morgan fingerprint density at radius 2 is 1.95 bits per heavy atom. The smallest absolute Gasteiger partial charge is 0.182 e. The highest BCUT2D eigenvalue weighted by Crippen LogP contribution is 2.24. The van der Waals surface area contributed by atoms with Crippen molar-refractivity contribution in [2.45, 2.75) is 26.3 Å². The Balaban J connectivity index is 2.28. The summed E-state index contributed by atoms with van der Waals surface area (Å²) >= 11 is 0. The number of ketones is 1. The maximum atomic E-state index is 13.4. The molecule has 3 nitrogen and oxygen atoms in total. The van der Waals surface area contributed by atoms with Crippen LogP contribution in [0.1, 0.15) is 29.8 Å². The molecule has 1 aromatic carbocycles. The molecule has 0 unspecified atom stereocenters. The van der Waals surface area contributed by atoms with Crippen molar-refractivity contribution >= 4 is 5.78 Å². The molecule has 1 fully saturated rings. The fourth-order valence-corrected chi connectivity index (χ4v) is 2.43. The number of halogens is 1. The molecular weight excluding hydrogens is 245 g/mol. The van der Waals surface area contributed by atoms with Gasteiger partial charge >= 0.3 is 0 Å². The van der Waals surface area contributed by atoms with E-state index in [2.05, 4.69) is 4.90 Å². The molecule has 2 rings (SSSR count). The van der Waals surface area contributed by atoms with Crippen molar-refractivity contribution in [3.63, 3.8) is 0 Å². The highest BCUT2D eigenvalue weighted by Gasteiger charge is 2.36. The summed E-state index contributed by atoms with van der Waals surface area (Å²) in [5.74, 6) is -0.405. The van der Waals surface area contributed by atoms with Crippen molar-refractivity contribution in [1.29, 1.82) is 0 Å². The molecule has 0 saturated carbocycles. The van der Waals surface area contributed by atoms with Crippen LogP contribution in [0, 0.1) is 12.7 Å². The van der Waals surface area contributed by atoms with Gasteiger partial charge in [-0.2, -0.15) is 0 Å². The summed E-state index contributed by atoms with van der Waals surface area (Å²) in [6, 6.07) is 4.37. The normalized spacial score (nSPS) is 17.5. The SMILES string of the molecule is Cc1ccc(F)cc1C(=O)C(C)(C)N1CCOCC1. The first-order valence-electron chi connectivity index (χ1n) is 6.56. The van der Waals surface area contributed by atoms with Crippen LogP contribution in [-0.2, 0) is 4.74 Å². The Morgan fingerprint density at radius 3 is 2.58 bits per heavy atom. The lowest BCUT2D eigenvalue weighted by Crippen LogP contribution is -2.54. The number of ether oxygens (including phenoxy) is 1. The van der Waals surface area contributed by atoms with Crippen molar-refractivity contribution in [2.24, 2.45) is 0 Å². The van der Waals surface area contributed by atoms with E-state index >= 15 is 0 Å². The summed E-state index contributed by atoms with van der Waals surface area (Å²) in [5, 5.41) is 0. The zero-order valence-electron chi connectivity index (χ0n) is 11.7. The fraction of sp³-hybridized carbons (Fsp3) is 0.533. The van der Waals surface area contributed by atoms with Gasteiger partial charge < -0.3 is 4.74 Å². The molecule has 0 bridgehead atoms. The average molecular weight is 265 g/mol. The van der Waals surface area contributed by atoms with Crippen molar-refractivity contribution < 1.29 is 13.9 Å². The minimum atomic E-state index is -0.637. The number of morpholine rings is 1. The first kappa shape index (κ1) is 14.2. The second kappa shape index (κ2) is 5.39. The van der Waals surface area contributed by atoms with Gasteiger partial charge in [-0.3, -0.25) is 9.69 Å². The summed E-state index contributed by atoms with van der Waals surface area (Å²) < 4.78 is 18.7. The summed E-state index contributed by atoms with van der Waals surface area (Å²) in [7, 11) is 0. The largest absolute Gasteiger partial charge is 0.379 e. The third kappa shape index (κ3) is 2.85. The third-order valence-electron chi connectivity index (χ3n) is 3.80. The molecule has 0 N–H and O–H groups in total. The quantitative estimate of drug-likeness (QED) is 0.786. The van der Waals surface area contributed by atoms with Gasteiger partial charge in [0.1, 0.15) is 5.82 Å². The van der Waals surface area contributed by atoms with E-state index in [4.69, 9.17) is 4.74 Å². The van der Waals surface area contributed by atoms with Crippen molar-refractivity contribution in [1.82, 2.24) is 4.90 Å². The lowest BCUT2D eigenvalue weighted by Gasteiger charge is -2.39. The summed E-state index contributed by atoms with van der Waals surface area (Å²) in [6.07, 6.45) is 0. The molecule has 1 saturated heterocycles. The maximum absolute atomic E-state index is 13.4. The van der Waals surface area contributed by atoms with Crippen LogP contribution in [0.3, 0.4) is 0 Å². The predicted octanol–water partition coefficient (Wildman–Crippen LogP) is 2.43. The van der Waals surface area contributed by atoms with Gasteiger partial charge in [0.05, 0.1) is 18.8 Å². The Labute approximate surface area is 113 Å². The molecule has 1 heterocycles. The van der Waals surface area contributed by atoms with Crippen LogP contribution in [0.2, 0.25) is 0 Å². The van der Waals surface area contributed by atoms with Gasteiger partial charge in [-0.05, 0) is 38.5 Å². The first-order valence-corrected chi connectivity index (χ1v) is 6.56. The van der Waals surface area contributed by atoms with Gasteiger partial charge in [0.2, 0.25) is 0 Å². The first-order chi connectivity index (χ1) is 8.93. The maximum Gasteiger partial charge on any atom is 0.182 e. The lowest BCUT2D eigenvalue weighted by molar-refractivity contribution is -0.00433. The molecule has 104 valence electrons. The fourth-order valence-electron chi connectivity index (χ4n) is 2.43. The van der Waals surface area contributed by atoms with Gasteiger partial charge in [0, 0.05) is 18.7 Å². The van der Waals surface area contributed by atoms with E-state index in [1.54, 1.807) is 6.07 Å². The molecule has 0 aromatic heterocycles. The molecule has 19 heavy (non-hydrogen) atoms. The summed E-state index contributed by atoms with van der Waals surface area (Å²) in [6.45, 7) is 8.36. The number of hydrogen-bond acceptors (Lipinski definition) is 3. The van der Waals surface area contributed by atoms with E-state index in [-0.39, 0.29) is 11.6 Å². The van der Waals surface area contributed by atoms with Crippen molar-refractivity contribution in [3.8, 4) is 0 Å². The minimum Gasteiger partial charge on any atom is -0.379 e. The van der Waals surface area contributed by atoms with Crippen LogP contribution in [0.4, 0.5) is 4.39 Å². The molecule has 0 radical (unpaired) electrons. The van der Waals surface area contributed by atoms with Crippen molar-refractivity contribution in [2.75, 3.05) is 26.3 Å². The molecule has 0 aliphatic carbocycles. The predicted molar refractivity (Wildman–Crippen MR) is 71.9 cm³/mol. The minimum absolute atomic E-state index is 0.0357. The number of benzene rings is 1. The number of rotatable bonds is 3. The molecule has 1 aliphatic rings. The Morgan fingerprint density at radius 1 is 1.32 bits per heavy atom. The zero-order valence-corrected chi connectivity index (χ0v) is 11.7. The van der Waals surface area contributed by atoms with Gasteiger partial charge in [0.25, 0.3) is 0 Å². The zero-order chi connectivity index (χ0) is 14.0. The van der Waals surface area contributed by atoms with Crippen LogP contribution in [0.25, 0.3) is 0 Å². The number of carbonyl (C=O) groups excluding carboxylic acids is 1. The second-order valence-corrected chi connectivity index (χ2v) is 5.45. The average Bonchev–Trinajstić information content (AvgIpc) is 2.41. The molecule has 1 aromatic rings. The van der Waals surface area contributed by atoms with Crippen LogP contribution in [0.5, 0.6) is 0 Å². The molecular formula is C15H20FNO2. The highest BCUT2D eigenvalue weighted by atomic mass is 19.1. The van der Waals surface area contributed by atoms with Gasteiger partial charge in [0.15, 0.2) is 5.78 Å². The molecule has 0 atom stereocenters. The molecule has 0 amide bonds. The Hall–Kier alpha value is -1.26. The van der Waals surface area contributed by atoms with Gasteiger partial charge in [-0.15, -0.1) is 0 Å². The van der Waals surface area contributed by atoms with Crippen molar-refractivity contribution in [3.05, 3.63) is 35.1 Å². The van der Waals surface area contributed by atoms with E-state index in [1.807, 2.05) is 20.8 Å². The van der Waals surface area contributed by atoms with E-state index in [0.29, 0.717) is 18.8 Å². The van der Waals surface area contributed by atoms with Gasteiger partial charge in [-0.25, -0.2) is 4.39 Å². The second-order valence-electron chi connectivity index (χ2n) is 5.45. The Bertz CT molecular complexity index is 479. The number of carbonyl (C=O) groups is 1. The van der Waals surface area contributed by atoms with Crippen LogP contribution >= 0.6 is 0 Å². The van der Waals surface area contributed by atoms with Crippen LogP contribution in [-0.4, -0.2) is 42.5 Å². The number of aryl methyl sites for hydroxylation is 1. The monoisotopic (exact) mass is 265 g/mol. The third-order valence-corrected chi connectivity index (χ3v) is 3.80. The van der Waals surface area contributed by atoms with Gasteiger partial charge in [-0.1, -0.05) is 6.07 Å². The molecule has 4 heteroatoms. The Kier molecular flexibility index (Phi) is 4.02. The van der Waals surface area contributed by atoms with Crippen LogP contribution in [0.15, 0.2) is 18.2 Å². The van der Waals surface area contributed by atoms with Crippen LogP contribution < -0.4 is 0 Å². The van der Waals surface area contributed by atoms with E-state index < -0.39 is 5.54 Å². The molecule has 1 aliphatic heterocycles. The van der Waals surface area contributed by atoms with E-state index in [9.17, 15) is 9.18 Å².